The summed E-state index contributed by atoms with van der Waals surface area (Å²) in [5, 5.41) is 0. The van der Waals surface area contributed by atoms with E-state index in [1.54, 1.807) is 0 Å². The highest BCUT2D eigenvalue weighted by molar-refractivity contribution is 6.19. The molecular weight excluding hydrogens is 168 g/mol. The summed E-state index contributed by atoms with van der Waals surface area (Å²) >= 11 is 5.48. The van der Waals surface area contributed by atoms with Gasteiger partial charge in [0.1, 0.15) is 0 Å². The highest BCUT2D eigenvalue weighted by atomic mass is 35.5. The number of rotatable bonds is 0. The first kappa shape index (κ1) is 9.16. The van der Waals surface area contributed by atoms with Crippen LogP contribution in [-0.2, 0) is 0 Å². The fraction of sp³-hybridized carbons (Fsp3) is 0.273. The molecular formula is C11H11Cl. The van der Waals surface area contributed by atoms with E-state index in [2.05, 4.69) is 37.8 Å². The Kier molecular flexibility index (Phi) is 3.19. The molecule has 0 aliphatic heterocycles. The molecule has 1 aromatic rings. The van der Waals surface area contributed by atoms with Crippen molar-refractivity contribution in [2.75, 3.05) is 5.88 Å². The number of hydrogen-bond donors (Lipinski definition) is 0. The molecule has 0 N–H and O–H groups in total. The van der Waals surface area contributed by atoms with Crippen molar-refractivity contribution >= 4 is 11.6 Å². The Morgan fingerprint density at radius 2 is 1.83 bits per heavy atom. The van der Waals surface area contributed by atoms with Gasteiger partial charge in [0, 0.05) is 5.56 Å². The van der Waals surface area contributed by atoms with Gasteiger partial charge in [-0.1, -0.05) is 30.0 Å². The third kappa shape index (κ3) is 2.03. The summed E-state index contributed by atoms with van der Waals surface area (Å²) in [7, 11) is 0. The lowest BCUT2D eigenvalue weighted by Crippen LogP contribution is -1.86. The highest BCUT2D eigenvalue weighted by Crippen LogP contribution is 2.10. The first-order chi connectivity index (χ1) is 5.75. The minimum atomic E-state index is 0.397. The Hall–Kier alpha value is -0.930. The molecule has 62 valence electrons. The van der Waals surface area contributed by atoms with Crippen LogP contribution in [0.15, 0.2) is 18.2 Å². The van der Waals surface area contributed by atoms with E-state index in [9.17, 15) is 0 Å². The minimum Gasteiger partial charge on any atom is -0.113 e. The van der Waals surface area contributed by atoms with Gasteiger partial charge in [-0.15, -0.1) is 11.6 Å². The van der Waals surface area contributed by atoms with Crippen LogP contribution in [-0.4, -0.2) is 5.88 Å². The van der Waals surface area contributed by atoms with E-state index in [0.29, 0.717) is 5.88 Å². The van der Waals surface area contributed by atoms with Crippen LogP contribution in [0.4, 0.5) is 0 Å². The lowest BCUT2D eigenvalue weighted by Gasteiger charge is -2.00. The number of alkyl halides is 1. The van der Waals surface area contributed by atoms with Crippen LogP contribution in [0.3, 0.4) is 0 Å². The van der Waals surface area contributed by atoms with Gasteiger partial charge in [-0.25, -0.2) is 0 Å². The smallest absolute Gasteiger partial charge is 0.0839 e. The monoisotopic (exact) mass is 178 g/mol. The van der Waals surface area contributed by atoms with Crippen molar-refractivity contribution in [1.82, 2.24) is 0 Å². The van der Waals surface area contributed by atoms with Crippen molar-refractivity contribution in [3.63, 3.8) is 0 Å². The van der Waals surface area contributed by atoms with Crippen molar-refractivity contribution < 1.29 is 0 Å². The number of halogens is 1. The van der Waals surface area contributed by atoms with Gasteiger partial charge in [-0.3, -0.25) is 0 Å². The predicted octanol–water partition coefficient (Wildman–Crippen LogP) is 2.89. The molecule has 1 rings (SSSR count). The van der Waals surface area contributed by atoms with Crippen molar-refractivity contribution in [3.8, 4) is 11.8 Å². The summed E-state index contributed by atoms with van der Waals surface area (Å²) in [5.41, 5.74) is 3.54. The second-order valence-corrected chi connectivity index (χ2v) is 2.97. The largest absolute Gasteiger partial charge is 0.113 e. The maximum atomic E-state index is 5.48. The SMILES string of the molecule is Cc1cccc(C)c1C#CCCl. The normalized spacial score (nSPS) is 8.92. The molecule has 0 aliphatic carbocycles. The number of hydrogen-bond acceptors (Lipinski definition) is 0. The fourth-order valence-corrected chi connectivity index (χ4v) is 1.20. The van der Waals surface area contributed by atoms with Crippen molar-refractivity contribution in [2.24, 2.45) is 0 Å². The van der Waals surface area contributed by atoms with E-state index < -0.39 is 0 Å². The molecule has 0 unspecified atom stereocenters. The van der Waals surface area contributed by atoms with E-state index in [4.69, 9.17) is 11.6 Å². The molecule has 0 heterocycles. The Bertz CT molecular complexity index is 308. The average Bonchev–Trinajstić information content (AvgIpc) is 2.04. The first-order valence-electron chi connectivity index (χ1n) is 3.86. The summed E-state index contributed by atoms with van der Waals surface area (Å²) < 4.78 is 0. The van der Waals surface area contributed by atoms with Crippen LogP contribution in [0.25, 0.3) is 0 Å². The maximum Gasteiger partial charge on any atom is 0.0839 e. The zero-order valence-electron chi connectivity index (χ0n) is 7.32. The molecule has 0 nitrogen and oxygen atoms in total. The first-order valence-corrected chi connectivity index (χ1v) is 4.40. The number of benzene rings is 1. The molecule has 0 spiro atoms. The Morgan fingerprint density at radius 3 is 2.33 bits per heavy atom. The van der Waals surface area contributed by atoms with Crippen LogP contribution < -0.4 is 0 Å². The Balaban J connectivity index is 3.13. The van der Waals surface area contributed by atoms with E-state index in [1.807, 2.05) is 6.07 Å². The van der Waals surface area contributed by atoms with Gasteiger partial charge < -0.3 is 0 Å². The molecule has 12 heavy (non-hydrogen) atoms. The van der Waals surface area contributed by atoms with Gasteiger partial charge in [0.2, 0.25) is 0 Å². The lowest BCUT2D eigenvalue weighted by atomic mass is 10.0. The van der Waals surface area contributed by atoms with Crippen LogP contribution >= 0.6 is 11.6 Å². The van der Waals surface area contributed by atoms with Crippen LogP contribution in [0.2, 0.25) is 0 Å². The Labute approximate surface area is 78.6 Å². The van der Waals surface area contributed by atoms with Gasteiger partial charge >= 0.3 is 0 Å². The van der Waals surface area contributed by atoms with E-state index in [1.165, 1.54) is 11.1 Å². The molecule has 0 atom stereocenters. The third-order valence-corrected chi connectivity index (χ3v) is 1.89. The fourth-order valence-electron chi connectivity index (χ4n) is 1.13. The van der Waals surface area contributed by atoms with Gasteiger partial charge in [0.25, 0.3) is 0 Å². The second-order valence-electron chi connectivity index (χ2n) is 2.70. The van der Waals surface area contributed by atoms with Crippen LogP contribution in [0, 0.1) is 25.7 Å². The minimum absolute atomic E-state index is 0.397. The maximum absolute atomic E-state index is 5.48. The van der Waals surface area contributed by atoms with Crippen LogP contribution in [0.5, 0.6) is 0 Å². The molecule has 0 aliphatic rings. The van der Waals surface area contributed by atoms with Crippen molar-refractivity contribution in [1.29, 1.82) is 0 Å². The van der Waals surface area contributed by atoms with Crippen LogP contribution in [0.1, 0.15) is 16.7 Å². The average molecular weight is 179 g/mol. The van der Waals surface area contributed by atoms with E-state index in [-0.39, 0.29) is 0 Å². The summed E-state index contributed by atoms with van der Waals surface area (Å²) in [4.78, 5) is 0. The molecule has 0 amide bonds. The standard InChI is InChI=1S/C11H11Cl/c1-9-5-3-6-10(2)11(9)7-4-8-12/h3,5-6H,8H2,1-2H3. The van der Waals surface area contributed by atoms with Gasteiger partial charge in [-0.2, -0.15) is 0 Å². The predicted molar refractivity (Wildman–Crippen MR) is 53.5 cm³/mol. The van der Waals surface area contributed by atoms with Gasteiger partial charge in [-0.05, 0) is 25.0 Å². The zero-order valence-corrected chi connectivity index (χ0v) is 8.07. The lowest BCUT2D eigenvalue weighted by molar-refractivity contribution is 1.35. The quantitative estimate of drug-likeness (QED) is 0.423. The Morgan fingerprint density at radius 1 is 1.25 bits per heavy atom. The zero-order chi connectivity index (χ0) is 8.97. The molecule has 0 saturated heterocycles. The number of aryl methyl sites for hydroxylation is 2. The van der Waals surface area contributed by atoms with Crippen molar-refractivity contribution in [2.45, 2.75) is 13.8 Å². The molecule has 0 fully saturated rings. The highest BCUT2D eigenvalue weighted by Gasteiger charge is 1.96. The summed E-state index contributed by atoms with van der Waals surface area (Å²) in [6, 6.07) is 6.16. The van der Waals surface area contributed by atoms with E-state index in [0.717, 1.165) is 5.56 Å². The molecule has 0 radical (unpaired) electrons. The second kappa shape index (κ2) is 4.18. The van der Waals surface area contributed by atoms with Crippen molar-refractivity contribution in [3.05, 3.63) is 34.9 Å². The molecule has 0 saturated carbocycles. The van der Waals surface area contributed by atoms with Gasteiger partial charge in [0.05, 0.1) is 5.88 Å². The van der Waals surface area contributed by atoms with Gasteiger partial charge in [0.15, 0.2) is 0 Å². The molecule has 1 heteroatoms. The third-order valence-electron chi connectivity index (χ3n) is 1.76. The molecule has 0 aromatic heterocycles. The van der Waals surface area contributed by atoms with E-state index >= 15 is 0 Å². The summed E-state index contributed by atoms with van der Waals surface area (Å²) in [6.07, 6.45) is 0. The topological polar surface area (TPSA) is 0 Å². The molecule has 1 aromatic carbocycles. The molecule has 0 bridgehead atoms. The summed E-state index contributed by atoms with van der Waals surface area (Å²) in [6.45, 7) is 4.12. The summed E-state index contributed by atoms with van der Waals surface area (Å²) in [5.74, 6) is 6.31.